The van der Waals surface area contributed by atoms with E-state index in [1.54, 1.807) is 12.0 Å². The van der Waals surface area contributed by atoms with Gasteiger partial charge >= 0.3 is 0 Å². The molecule has 2 aliphatic heterocycles. The van der Waals surface area contributed by atoms with E-state index in [9.17, 15) is 9.59 Å². The van der Waals surface area contributed by atoms with Crippen molar-refractivity contribution in [3.63, 3.8) is 0 Å². The zero-order valence-electron chi connectivity index (χ0n) is 21.7. The van der Waals surface area contributed by atoms with Crippen LogP contribution in [0.1, 0.15) is 77.8 Å². The molecule has 35 heavy (non-hydrogen) atoms. The van der Waals surface area contributed by atoms with E-state index < -0.39 is 5.54 Å². The van der Waals surface area contributed by atoms with Gasteiger partial charge in [-0.15, -0.1) is 0 Å². The Labute approximate surface area is 208 Å². The van der Waals surface area contributed by atoms with Crippen LogP contribution in [-0.2, 0) is 14.3 Å². The summed E-state index contributed by atoms with van der Waals surface area (Å²) in [6.07, 6.45) is 3.92. The molecule has 1 aromatic carbocycles. The first kappa shape index (κ1) is 25.5. The van der Waals surface area contributed by atoms with Gasteiger partial charge in [-0.3, -0.25) is 14.5 Å². The molecule has 0 saturated heterocycles. The number of ether oxygens (including phenoxy) is 2. The Kier molecular flexibility index (Phi) is 7.13. The SMILES string of the molecule is CCC1(CC)CC(=O)N([C@H](CCOC)C2C[C@H]2C(=O)N[C@@H]2CC(C)(C)Oc3ccccc32)C(N)=N1. The summed E-state index contributed by atoms with van der Waals surface area (Å²) < 4.78 is 11.5. The lowest BCUT2D eigenvalue weighted by Gasteiger charge is -2.40. The third-order valence-corrected chi connectivity index (χ3v) is 7.98. The summed E-state index contributed by atoms with van der Waals surface area (Å²) >= 11 is 0. The number of para-hydroxylation sites is 1. The standard InChI is InChI=1S/C27H40N4O4/c1-6-27(7-2)16-23(32)31(25(28)30-27)21(12-13-34-5)18-14-19(18)24(33)29-20-15-26(3,4)35-22-11-9-8-10-17(20)22/h8-11,18-21H,6-7,12-16H2,1-5H3,(H2,28,30)(H,29,33)/t18?,19-,20-,21-/m1/s1. The van der Waals surface area contributed by atoms with Crippen LogP contribution in [0.3, 0.4) is 0 Å². The third kappa shape index (κ3) is 5.17. The average Bonchev–Trinajstić information content (AvgIpc) is 3.60. The van der Waals surface area contributed by atoms with Crippen molar-refractivity contribution in [1.29, 1.82) is 0 Å². The molecule has 8 nitrogen and oxygen atoms in total. The molecule has 4 atom stereocenters. The largest absolute Gasteiger partial charge is 0.487 e. The normalized spacial score (nSPS) is 27.3. The number of carbonyl (C=O) groups is 2. The van der Waals surface area contributed by atoms with Crippen molar-refractivity contribution in [3.8, 4) is 5.75 Å². The van der Waals surface area contributed by atoms with Gasteiger partial charge in [0.1, 0.15) is 11.4 Å². The van der Waals surface area contributed by atoms with Gasteiger partial charge in [0.15, 0.2) is 5.96 Å². The first-order valence-electron chi connectivity index (χ1n) is 12.9. The van der Waals surface area contributed by atoms with E-state index >= 15 is 0 Å². The van der Waals surface area contributed by atoms with Crippen LogP contribution in [0.25, 0.3) is 0 Å². The number of hydrogen-bond donors (Lipinski definition) is 2. The van der Waals surface area contributed by atoms with E-state index in [-0.39, 0.29) is 47.3 Å². The molecular weight excluding hydrogens is 444 g/mol. The Balaban J connectivity index is 1.50. The van der Waals surface area contributed by atoms with Crippen molar-refractivity contribution in [2.75, 3.05) is 13.7 Å². The Morgan fingerprint density at radius 3 is 2.69 bits per heavy atom. The lowest BCUT2D eigenvalue weighted by molar-refractivity contribution is -0.133. The Hall–Kier alpha value is -2.61. The summed E-state index contributed by atoms with van der Waals surface area (Å²) in [6, 6.07) is 7.57. The van der Waals surface area contributed by atoms with Crippen LogP contribution in [0, 0.1) is 11.8 Å². The van der Waals surface area contributed by atoms with Crippen LogP contribution >= 0.6 is 0 Å². The number of nitrogens with two attached hydrogens (primary N) is 1. The molecule has 2 amide bonds. The minimum absolute atomic E-state index is 0.00605. The summed E-state index contributed by atoms with van der Waals surface area (Å²) in [5, 5.41) is 3.28. The highest BCUT2D eigenvalue weighted by atomic mass is 16.5. The molecule has 2 heterocycles. The number of aliphatic imine (C=N–C) groups is 1. The molecule has 3 aliphatic rings. The van der Waals surface area contributed by atoms with Crippen LogP contribution < -0.4 is 15.8 Å². The highest BCUT2D eigenvalue weighted by molar-refractivity contribution is 5.99. The minimum atomic E-state index is -0.424. The zero-order chi connectivity index (χ0) is 25.4. The minimum Gasteiger partial charge on any atom is -0.487 e. The lowest BCUT2D eigenvalue weighted by atomic mass is 9.87. The molecule has 0 aromatic heterocycles. The van der Waals surface area contributed by atoms with Crippen LogP contribution in [0.5, 0.6) is 5.75 Å². The molecule has 3 N–H and O–H groups in total. The van der Waals surface area contributed by atoms with Gasteiger partial charge in [-0.2, -0.15) is 0 Å². The molecule has 0 radical (unpaired) electrons. The highest BCUT2D eigenvalue weighted by Crippen LogP contribution is 2.47. The van der Waals surface area contributed by atoms with Gasteiger partial charge in [0, 0.05) is 37.7 Å². The number of amides is 2. The number of benzene rings is 1. The second-order valence-corrected chi connectivity index (χ2v) is 10.9. The maximum absolute atomic E-state index is 13.4. The van der Waals surface area contributed by atoms with Crippen molar-refractivity contribution >= 4 is 17.8 Å². The van der Waals surface area contributed by atoms with Crippen molar-refractivity contribution in [3.05, 3.63) is 29.8 Å². The molecule has 1 aliphatic carbocycles. The maximum atomic E-state index is 13.4. The number of fused-ring (bicyclic) bond motifs is 1. The first-order chi connectivity index (χ1) is 16.6. The third-order valence-electron chi connectivity index (χ3n) is 7.98. The zero-order valence-corrected chi connectivity index (χ0v) is 21.7. The fraction of sp³-hybridized carbons (Fsp3) is 0.667. The van der Waals surface area contributed by atoms with Gasteiger partial charge in [-0.05, 0) is 51.5 Å². The van der Waals surface area contributed by atoms with Crippen molar-refractivity contribution in [2.24, 2.45) is 22.6 Å². The van der Waals surface area contributed by atoms with Crippen molar-refractivity contribution in [1.82, 2.24) is 10.2 Å². The van der Waals surface area contributed by atoms with E-state index in [0.29, 0.717) is 25.9 Å². The number of methoxy groups -OCH3 is 1. The lowest BCUT2D eigenvalue weighted by Crippen LogP contribution is -2.56. The number of rotatable bonds is 9. The second kappa shape index (κ2) is 9.80. The molecule has 1 fully saturated rings. The average molecular weight is 485 g/mol. The van der Waals surface area contributed by atoms with E-state index in [1.165, 1.54) is 0 Å². The van der Waals surface area contributed by atoms with E-state index in [4.69, 9.17) is 20.2 Å². The number of nitrogens with one attached hydrogen (secondary N) is 1. The van der Waals surface area contributed by atoms with Gasteiger partial charge in [0.25, 0.3) is 0 Å². The van der Waals surface area contributed by atoms with Gasteiger partial charge < -0.3 is 20.5 Å². The molecule has 4 rings (SSSR count). The van der Waals surface area contributed by atoms with Crippen LogP contribution in [-0.4, -0.2) is 53.6 Å². The summed E-state index contributed by atoms with van der Waals surface area (Å²) in [5.41, 5.74) is 6.60. The predicted molar refractivity (Wildman–Crippen MR) is 135 cm³/mol. The molecular formula is C27H40N4O4. The second-order valence-electron chi connectivity index (χ2n) is 10.9. The molecule has 0 bridgehead atoms. The molecule has 0 spiro atoms. The smallest absolute Gasteiger partial charge is 0.231 e. The quantitative estimate of drug-likeness (QED) is 0.558. The van der Waals surface area contributed by atoms with Gasteiger partial charge in [-0.25, -0.2) is 4.99 Å². The predicted octanol–water partition coefficient (Wildman–Crippen LogP) is 3.55. The Morgan fingerprint density at radius 2 is 2.03 bits per heavy atom. The summed E-state index contributed by atoms with van der Waals surface area (Å²) in [5.74, 6) is 0.968. The van der Waals surface area contributed by atoms with Crippen LogP contribution in [0.2, 0.25) is 0 Å². The Bertz CT molecular complexity index is 987. The molecule has 1 aromatic rings. The number of hydrogen-bond acceptors (Lipinski definition) is 6. The van der Waals surface area contributed by atoms with Crippen molar-refractivity contribution < 1.29 is 19.1 Å². The van der Waals surface area contributed by atoms with Gasteiger partial charge in [0.05, 0.1) is 18.0 Å². The van der Waals surface area contributed by atoms with E-state index in [2.05, 4.69) is 5.32 Å². The summed E-state index contributed by atoms with van der Waals surface area (Å²) in [7, 11) is 1.65. The van der Waals surface area contributed by atoms with Crippen LogP contribution in [0.15, 0.2) is 29.3 Å². The summed E-state index contributed by atoms with van der Waals surface area (Å²) in [4.78, 5) is 33.1. The number of nitrogens with zero attached hydrogens (tertiary/aromatic N) is 2. The van der Waals surface area contributed by atoms with E-state index in [0.717, 1.165) is 30.6 Å². The van der Waals surface area contributed by atoms with Crippen LogP contribution in [0.4, 0.5) is 0 Å². The summed E-state index contributed by atoms with van der Waals surface area (Å²) in [6.45, 7) is 8.66. The molecule has 192 valence electrons. The van der Waals surface area contributed by atoms with Gasteiger partial charge in [-0.1, -0.05) is 32.0 Å². The number of carbonyl (C=O) groups excluding carboxylic acids is 2. The molecule has 8 heteroatoms. The molecule has 1 saturated carbocycles. The number of guanidine groups is 1. The fourth-order valence-electron chi connectivity index (χ4n) is 5.77. The van der Waals surface area contributed by atoms with Crippen molar-refractivity contribution in [2.45, 2.75) is 89.4 Å². The first-order valence-corrected chi connectivity index (χ1v) is 12.9. The fourth-order valence-corrected chi connectivity index (χ4v) is 5.77. The Morgan fingerprint density at radius 1 is 1.31 bits per heavy atom. The van der Waals surface area contributed by atoms with Gasteiger partial charge in [0.2, 0.25) is 11.8 Å². The highest BCUT2D eigenvalue weighted by Gasteiger charge is 2.53. The van der Waals surface area contributed by atoms with E-state index in [1.807, 2.05) is 52.0 Å². The topological polar surface area (TPSA) is 106 Å². The monoisotopic (exact) mass is 484 g/mol. The maximum Gasteiger partial charge on any atom is 0.231 e. The molecule has 1 unspecified atom stereocenters.